The van der Waals surface area contributed by atoms with Gasteiger partial charge in [-0.2, -0.15) is 0 Å². The summed E-state index contributed by atoms with van der Waals surface area (Å²) in [6.45, 7) is 9.57. The van der Waals surface area contributed by atoms with Crippen molar-refractivity contribution in [3.05, 3.63) is 51.0 Å². The summed E-state index contributed by atoms with van der Waals surface area (Å²) in [6, 6.07) is 7.28. The molecule has 1 aromatic carbocycles. The average Bonchev–Trinajstić information content (AvgIpc) is 2.73. The van der Waals surface area contributed by atoms with E-state index in [4.69, 9.17) is 0 Å². The molecule has 0 saturated carbocycles. The molecule has 2 rings (SSSR count). The smallest absolute Gasteiger partial charge is 0.0897 e. The number of aryl methyl sites for hydroxylation is 3. The lowest BCUT2D eigenvalue weighted by molar-refractivity contribution is 0.517. The van der Waals surface area contributed by atoms with Crippen LogP contribution in [0.5, 0.6) is 0 Å². The van der Waals surface area contributed by atoms with Crippen molar-refractivity contribution in [2.24, 2.45) is 0 Å². The Hall–Kier alpha value is -1.19. The summed E-state index contributed by atoms with van der Waals surface area (Å²) in [5.74, 6) is 0. The van der Waals surface area contributed by atoms with E-state index in [0.717, 1.165) is 24.4 Å². The molecule has 0 aliphatic rings. The molecule has 1 heterocycles. The lowest BCUT2D eigenvalue weighted by atomic mass is 9.98. The third-order valence-electron chi connectivity index (χ3n) is 3.38. The van der Waals surface area contributed by atoms with Crippen molar-refractivity contribution in [3.63, 3.8) is 0 Å². The minimum absolute atomic E-state index is 0.461. The van der Waals surface area contributed by atoms with Gasteiger partial charge in [-0.1, -0.05) is 36.2 Å². The first-order valence-electron chi connectivity index (χ1n) is 7.28. The van der Waals surface area contributed by atoms with Gasteiger partial charge < -0.3 is 5.32 Å². The third kappa shape index (κ3) is 4.43. The SMILES string of the molecule is CCNC(Cc1cc(C)cc(C)c1)Cc1csc(C)n1. The molecule has 2 aromatic rings. The van der Waals surface area contributed by atoms with Crippen LogP contribution >= 0.6 is 11.3 Å². The molecular weight excluding hydrogens is 264 g/mol. The summed E-state index contributed by atoms with van der Waals surface area (Å²) in [5, 5.41) is 6.93. The Labute approximate surface area is 126 Å². The second kappa shape index (κ2) is 7.00. The summed E-state index contributed by atoms with van der Waals surface area (Å²) in [4.78, 5) is 4.59. The molecule has 108 valence electrons. The van der Waals surface area contributed by atoms with Crippen molar-refractivity contribution in [1.82, 2.24) is 10.3 Å². The highest BCUT2D eigenvalue weighted by Crippen LogP contribution is 2.15. The van der Waals surface area contributed by atoms with Crippen LogP contribution in [0, 0.1) is 20.8 Å². The fourth-order valence-corrected chi connectivity index (χ4v) is 3.36. The van der Waals surface area contributed by atoms with Crippen molar-refractivity contribution in [2.75, 3.05) is 6.54 Å². The van der Waals surface area contributed by atoms with Crippen molar-refractivity contribution >= 4 is 11.3 Å². The van der Waals surface area contributed by atoms with Gasteiger partial charge in [0.2, 0.25) is 0 Å². The van der Waals surface area contributed by atoms with Gasteiger partial charge in [0.25, 0.3) is 0 Å². The normalized spacial score (nSPS) is 12.6. The van der Waals surface area contributed by atoms with E-state index in [1.807, 2.05) is 0 Å². The Morgan fingerprint density at radius 2 is 1.80 bits per heavy atom. The minimum atomic E-state index is 0.461. The maximum Gasteiger partial charge on any atom is 0.0897 e. The summed E-state index contributed by atoms with van der Waals surface area (Å²) in [5.41, 5.74) is 5.32. The van der Waals surface area contributed by atoms with E-state index in [0.29, 0.717) is 6.04 Å². The predicted molar refractivity (Wildman–Crippen MR) is 87.6 cm³/mol. The quantitative estimate of drug-likeness (QED) is 0.874. The van der Waals surface area contributed by atoms with Crippen LogP contribution in [0.2, 0.25) is 0 Å². The van der Waals surface area contributed by atoms with Gasteiger partial charge in [0, 0.05) is 17.8 Å². The van der Waals surface area contributed by atoms with Crippen molar-refractivity contribution in [3.8, 4) is 0 Å². The third-order valence-corrected chi connectivity index (χ3v) is 4.20. The molecule has 0 aliphatic carbocycles. The number of thiazole rings is 1. The van der Waals surface area contributed by atoms with Gasteiger partial charge in [-0.3, -0.25) is 0 Å². The van der Waals surface area contributed by atoms with E-state index >= 15 is 0 Å². The number of hydrogen-bond acceptors (Lipinski definition) is 3. The molecule has 0 fully saturated rings. The summed E-state index contributed by atoms with van der Waals surface area (Å²) in [6.07, 6.45) is 2.07. The maximum atomic E-state index is 4.59. The summed E-state index contributed by atoms with van der Waals surface area (Å²) < 4.78 is 0. The van der Waals surface area contributed by atoms with Crippen LogP contribution in [0.15, 0.2) is 23.6 Å². The highest BCUT2D eigenvalue weighted by Gasteiger charge is 2.12. The van der Waals surface area contributed by atoms with E-state index in [2.05, 4.69) is 61.6 Å². The molecule has 3 heteroatoms. The number of rotatable bonds is 6. The van der Waals surface area contributed by atoms with E-state index in [1.165, 1.54) is 22.4 Å². The van der Waals surface area contributed by atoms with E-state index in [1.54, 1.807) is 11.3 Å². The van der Waals surface area contributed by atoms with Crippen molar-refractivity contribution in [1.29, 1.82) is 0 Å². The average molecular weight is 288 g/mol. The van der Waals surface area contributed by atoms with Crippen LogP contribution < -0.4 is 5.32 Å². The second-order valence-corrected chi connectivity index (χ2v) is 6.58. The monoisotopic (exact) mass is 288 g/mol. The van der Waals surface area contributed by atoms with Crippen LogP contribution in [0.25, 0.3) is 0 Å². The van der Waals surface area contributed by atoms with Crippen LogP contribution in [0.4, 0.5) is 0 Å². The fourth-order valence-electron chi connectivity index (χ4n) is 2.73. The zero-order valence-electron chi connectivity index (χ0n) is 12.9. The molecule has 1 aromatic heterocycles. The van der Waals surface area contributed by atoms with E-state index in [-0.39, 0.29) is 0 Å². The molecular formula is C17H24N2S. The fraction of sp³-hybridized carbons (Fsp3) is 0.471. The Morgan fingerprint density at radius 1 is 1.10 bits per heavy atom. The van der Waals surface area contributed by atoms with Gasteiger partial charge in [0.05, 0.1) is 10.7 Å². The Balaban J connectivity index is 2.08. The first kappa shape index (κ1) is 15.2. The largest absolute Gasteiger partial charge is 0.314 e. The van der Waals surface area contributed by atoms with Crippen LogP contribution in [0.3, 0.4) is 0 Å². The lowest BCUT2D eigenvalue weighted by Crippen LogP contribution is -2.33. The Bertz CT molecular complexity index is 540. The first-order valence-corrected chi connectivity index (χ1v) is 8.16. The molecule has 2 nitrogen and oxygen atoms in total. The van der Waals surface area contributed by atoms with E-state index < -0.39 is 0 Å². The van der Waals surface area contributed by atoms with Crippen LogP contribution in [-0.2, 0) is 12.8 Å². The number of benzene rings is 1. The lowest BCUT2D eigenvalue weighted by Gasteiger charge is -2.17. The van der Waals surface area contributed by atoms with Crippen LogP contribution in [0.1, 0.15) is 34.3 Å². The Kier molecular flexibility index (Phi) is 5.32. The molecule has 1 atom stereocenters. The predicted octanol–water partition coefficient (Wildman–Crippen LogP) is 3.83. The first-order chi connectivity index (χ1) is 9.56. The highest BCUT2D eigenvalue weighted by atomic mass is 32.1. The van der Waals surface area contributed by atoms with Gasteiger partial charge in [-0.15, -0.1) is 11.3 Å². The standard InChI is InChI=1S/C17H24N2S/c1-5-18-16(10-17-11-20-14(4)19-17)9-15-7-12(2)6-13(3)8-15/h6-8,11,16,18H,5,9-10H2,1-4H3. The minimum Gasteiger partial charge on any atom is -0.314 e. The Morgan fingerprint density at radius 3 is 2.35 bits per heavy atom. The molecule has 0 aliphatic heterocycles. The number of nitrogens with zero attached hydrogens (tertiary/aromatic N) is 1. The van der Waals surface area contributed by atoms with Crippen LogP contribution in [-0.4, -0.2) is 17.6 Å². The maximum absolute atomic E-state index is 4.59. The molecule has 0 radical (unpaired) electrons. The summed E-state index contributed by atoms with van der Waals surface area (Å²) in [7, 11) is 0. The number of hydrogen-bond donors (Lipinski definition) is 1. The topological polar surface area (TPSA) is 24.9 Å². The molecule has 1 N–H and O–H groups in total. The molecule has 1 unspecified atom stereocenters. The van der Waals surface area contributed by atoms with Gasteiger partial charge >= 0.3 is 0 Å². The second-order valence-electron chi connectivity index (χ2n) is 5.52. The van der Waals surface area contributed by atoms with E-state index in [9.17, 15) is 0 Å². The number of likely N-dealkylation sites (N-methyl/N-ethyl adjacent to an activating group) is 1. The highest BCUT2D eigenvalue weighted by molar-refractivity contribution is 7.09. The zero-order chi connectivity index (χ0) is 14.5. The summed E-state index contributed by atoms with van der Waals surface area (Å²) >= 11 is 1.74. The molecule has 20 heavy (non-hydrogen) atoms. The van der Waals surface area contributed by atoms with Gasteiger partial charge in [-0.05, 0) is 39.3 Å². The van der Waals surface area contributed by atoms with Crippen molar-refractivity contribution < 1.29 is 0 Å². The van der Waals surface area contributed by atoms with Gasteiger partial charge in [-0.25, -0.2) is 4.98 Å². The van der Waals surface area contributed by atoms with Gasteiger partial charge in [0.1, 0.15) is 0 Å². The van der Waals surface area contributed by atoms with Gasteiger partial charge in [0.15, 0.2) is 0 Å². The zero-order valence-corrected chi connectivity index (χ0v) is 13.7. The molecule has 0 spiro atoms. The number of nitrogens with one attached hydrogen (secondary N) is 1. The molecule has 0 bridgehead atoms. The number of aromatic nitrogens is 1. The molecule has 0 saturated heterocycles. The molecule has 0 amide bonds. The van der Waals surface area contributed by atoms with Crippen molar-refractivity contribution in [2.45, 2.75) is 46.6 Å².